The third kappa shape index (κ3) is 4.16. The number of hydrogen-bond acceptors (Lipinski definition) is 4. The molecule has 2 amide bonds. The summed E-state index contributed by atoms with van der Waals surface area (Å²) in [4.78, 5) is 27.3. The molecule has 3 rings (SSSR count). The third-order valence-electron chi connectivity index (χ3n) is 4.42. The molecule has 142 valence electrons. The van der Waals surface area contributed by atoms with E-state index in [0.717, 1.165) is 17.8 Å². The van der Waals surface area contributed by atoms with E-state index in [-0.39, 0.29) is 0 Å². The van der Waals surface area contributed by atoms with E-state index in [1.54, 1.807) is 12.1 Å². The van der Waals surface area contributed by atoms with Gasteiger partial charge < -0.3 is 19.9 Å². The molecule has 1 heterocycles. The van der Waals surface area contributed by atoms with Gasteiger partial charge in [-0.25, -0.2) is 18.4 Å². The zero-order valence-electron chi connectivity index (χ0n) is 14.7. The van der Waals surface area contributed by atoms with Gasteiger partial charge in [0, 0.05) is 31.9 Å². The van der Waals surface area contributed by atoms with E-state index >= 15 is 0 Å². The lowest BCUT2D eigenvalue weighted by molar-refractivity contribution is 0.0600. The number of carbonyl (C=O) groups is 2. The fraction of sp³-hybridized carbons (Fsp3) is 0.263. The number of rotatable bonds is 3. The zero-order valence-corrected chi connectivity index (χ0v) is 14.7. The molecule has 0 atom stereocenters. The zero-order chi connectivity index (χ0) is 19.4. The second-order valence-electron chi connectivity index (χ2n) is 6.04. The van der Waals surface area contributed by atoms with E-state index in [4.69, 9.17) is 0 Å². The van der Waals surface area contributed by atoms with Crippen molar-refractivity contribution in [2.75, 3.05) is 43.5 Å². The Labute approximate surface area is 155 Å². The third-order valence-corrected chi connectivity index (χ3v) is 4.42. The maximum atomic E-state index is 13.7. The summed E-state index contributed by atoms with van der Waals surface area (Å²) >= 11 is 0. The van der Waals surface area contributed by atoms with Gasteiger partial charge >= 0.3 is 12.0 Å². The van der Waals surface area contributed by atoms with Crippen molar-refractivity contribution >= 4 is 23.4 Å². The van der Waals surface area contributed by atoms with Gasteiger partial charge in [-0.1, -0.05) is 6.07 Å². The van der Waals surface area contributed by atoms with Gasteiger partial charge in [-0.3, -0.25) is 0 Å². The number of hydrogen-bond donors (Lipinski definition) is 1. The van der Waals surface area contributed by atoms with Crippen LogP contribution in [0.15, 0.2) is 42.5 Å². The number of carbonyl (C=O) groups excluding carboxylic acids is 2. The van der Waals surface area contributed by atoms with Crippen LogP contribution in [0.1, 0.15) is 10.4 Å². The minimum atomic E-state index is -0.812. The molecule has 2 aromatic rings. The highest BCUT2D eigenvalue weighted by Gasteiger charge is 2.23. The predicted octanol–water partition coefficient (Wildman–Crippen LogP) is 3.11. The van der Waals surface area contributed by atoms with Crippen molar-refractivity contribution in [2.24, 2.45) is 0 Å². The monoisotopic (exact) mass is 375 g/mol. The number of nitrogens with zero attached hydrogens (tertiary/aromatic N) is 2. The Morgan fingerprint density at radius 2 is 1.56 bits per heavy atom. The summed E-state index contributed by atoms with van der Waals surface area (Å²) in [6, 6.07) is 9.88. The standard InChI is InChI=1S/C19H19F2N3O3/c1-27-18(25)13-5-7-14(8-6-13)23-9-11-24(12-10-23)19(26)22-17-15(20)3-2-4-16(17)21/h2-8H,9-12H2,1H3,(H,22,26). The lowest BCUT2D eigenvalue weighted by Crippen LogP contribution is -2.50. The first kappa shape index (κ1) is 18.6. The summed E-state index contributed by atoms with van der Waals surface area (Å²) < 4.78 is 32.0. The fourth-order valence-electron chi connectivity index (χ4n) is 2.90. The largest absolute Gasteiger partial charge is 0.465 e. The predicted molar refractivity (Wildman–Crippen MR) is 96.9 cm³/mol. The van der Waals surface area contributed by atoms with Crippen molar-refractivity contribution in [3.8, 4) is 0 Å². The van der Waals surface area contributed by atoms with E-state index in [2.05, 4.69) is 15.0 Å². The van der Waals surface area contributed by atoms with E-state index in [0.29, 0.717) is 31.7 Å². The molecule has 0 spiro atoms. The van der Waals surface area contributed by atoms with Crippen LogP contribution in [0.2, 0.25) is 0 Å². The van der Waals surface area contributed by atoms with Crippen molar-refractivity contribution in [1.29, 1.82) is 0 Å². The first-order valence-corrected chi connectivity index (χ1v) is 8.43. The normalized spacial score (nSPS) is 14.0. The highest BCUT2D eigenvalue weighted by atomic mass is 19.1. The lowest BCUT2D eigenvalue weighted by atomic mass is 10.2. The Kier molecular flexibility index (Phi) is 5.54. The molecule has 1 aliphatic heterocycles. The molecule has 0 bridgehead atoms. The molecule has 1 saturated heterocycles. The van der Waals surface area contributed by atoms with Gasteiger partial charge in [0.1, 0.15) is 17.3 Å². The van der Waals surface area contributed by atoms with Crippen LogP contribution in [-0.2, 0) is 4.74 Å². The molecule has 0 unspecified atom stereocenters. The topological polar surface area (TPSA) is 61.9 Å². The number of para-hydroxylation sites is 1. The Morgan fingerprint density at radius 3 is 2.11 bits per heavy atom. The van der Waals surface area contributed by atoms with Crippen molar-refractivity contribution in [1.82, 2.24) is 4.90 Å². The average molecular weight is 375 g/mol. The van der Waals surface area contributed by atoms with Crippen LogP contribution in [0.25, 0.3) is 0 Å². The maximum absolute atomic E-state index is 13.7. The number of piperazine rings is 1. The SMILES string of the molecule is COC(=O)c1ccc(N2CCN(C(=O)Nc3c(F)cccc3F)CC2)cc1. The van der Waals surface area contributed by atoms with Gasteiger partial charge in [-0.05, 0) is 36.4 Å². The van der Waals surface area contributed by atoms with E-state index in [1.807, 2.05) is 12.1 Å². The molecule has 0 aromatic heterocycles. The minimum Gasteiger partial charge on any atom is -0.465 e. The highest BCUT2D eigenvalue weighted by molar-refractivity contribution is 5.90. The number of benzene rings is 2. The molecule has 1 N–H and O–H groups in total. The highest BCUT2D eigenvalue weighted by Crippen LogP contribution is 2.20. The van der Waals surface area contributed by atoms with Crippen molar-refractivity contribution in [2.45, 2.75) is 0 Å². The van der Waals surface area contributed by atoms with Gasteiger partial charge in [0.2, 0.25) is 0 Å². The number of urea groups is 1. The number of esters is 1. The second kappa shape index (κ2) is 8.03. The van der Waals surface area contributed by atoms with Crippen molar-refractivity contribution in [3.05, 3.63) is 59.7 Å². The number of anilines is 2. The Hall–Kier alpha value is -3.16. The fourth-order valence-corrected chi connectivity index (χ4v) is 2.90. The summed E-state index contributed by atoms with van der Waals surface area (Å²) in [6.45, 7) is 1.93. The summed E-state index contributed by atoms with van der Waals surface area (Å²) in [5.41, 5.74) is 0.942. The van der Waals surface area contributed by atoms with E-state index < -0.39 is 29.3 Å². The smallest absolute Gasteiger partial charge is 0.337 e. The first-order valence-electron chi connectivity index (χ1n) is 8.43. The molecular formula is C19H19F2N3O3. The van der Waals surface area contributed by atoms with Crippen LogP contribution in [0, 0.1) is 11.6 Å². The van der Waals surface area contributed by atoms with Crippen molar-refractivity contribution in [3.63, 3.8) is 0 Å². The maximum Gasteiger partial charge on any atom is 0.337 e. The van der Waals surface area contributed by atoms with Crippen LogP contribution < -0.4 is 10.2 Å². The quantitative estimate of drug-likeness (QED) is 0.838. The summed E-state index contributed by atoms with van der Waals surface area (Å²) in [5, 5.41) is 2.30. The molecule has 0 saturated carbocycles. The molecule has 27 heavy (non-hydrogen) atoms. The number of methoxy groups -OCH3 is 1. The average Bonchev–Trinajstić information content (AvgIpc) is 2.70. The van der Waals surface area contributed by atoms with Crippen molar-refractivity contribution < 1.29 is 23.1 Å². The van der Waals surface area contributed by atoms with Crippen LogP contribution in [0.5, 0.6) is 0 Å². The molecule has 6 nitrogen and oxygen atoms in total. The Balaban J connectivity index is 1.58. The minimum absolute atomic E-state index is 0.400. The summed E-state index contributed by atoms with van der Waals surface area (Å²) in [6.07, 6.45) is 0. The molecule has 0 aliphatic carbocycles. The molecule has 1 fully saturated rings. The number of halogens is 2. The molecule has 0 radical (unpaired) electrons. The van der Waals surface area contributed by atoms with Crippen LogP contribution in [-0.4, -0.2) is 50.2 Å². The van der Waals surface area contributed by atoms with Crippen LogP contribution in [0.4, 0.5) is 25.0 Å². The van der Waals surface area contributed by atoms with Crippen LogP contribution in [0.3, 0.4) is 0 Å². The number of amides is 2. The number of nitrogens with one attached hydrogen (secondary N) is 1. The first-order chi connectivity index (χ1) is 13.0. The van der Waals surface area contributed by atoms with Gasteiger partial charge in [-0.2, -0.15) is 0 Å². The lowest BCUT2D eigenvalue weighted by Gasteiger charge is -2.36. The van der Waals surface area contributed by atoms with E-state index in [9.17, 15) is 18.4 Å². The summed E-state index contributed by atoms with van der Waals surface area (Å²) in [7, 11) is 1.33. The van der Waals surface area contributed by atoms with Gasteiger partial charge in [0.25, 0.3) is 0 Å². The number of ether oxygens (including phenoxy) is 1. The molecule has 1 aliphatic rings. The molecule has 2 aromatic carbocycles. The Morgan fingerprint density at radius 1 is 0.963 bits per heavy atom. The van der Waals surface area contributed by atoms with Crippen LogP contribution >= 0.6 is 0 Å². The molecular weight excluding hydrogens is 356 g/mol. The van der Waals surface area contributed by atoms with E-state index in [1.165, 1.54) is 18.1 Å². The van der Waals surface area contributed by atoms with Gasteiger partial charge in [-0.15, -0.1) is 0 Å². The molecule has 8 heteroatoms. The Bertz CT molecular complexity index is 814. The van der Waals surface area contributed by atoms with Gasteiger partial charge in [0.15, 0.2) is 0 Å². The summed E-state index contributed by atoms with van der Waals surface area (Å²) in [5.74, 6) is -2.02. The van der Waals surface area contributed by atoms with Gasteiger partial charge in [0.05, 0.1) is 12.7 Å². The second-order valence-corrected chi connectivity index (χ2v) is 6.04.